The molecule has 5 heteroatoms. The van der Waals surface area contributed by atoms with Gasteiger partial charge in [-0.15, -0.1) is 0 Å². The number of nitrogens with one attached hydrogen (secondary N) is 1. The number of hydrogen-bond donors (Lipinski definition) is 1. The number of carbonyl (C=O) groups excluding carboxylic acids is 2. The van der Waals surface area contributed by atoms with E-state index in [1.54, 1.807) is 24.3 Å². The first-order valence-electron chi connectivity index (χ1n) is 9.57. The standard InChI is InChI=1S/C20H31N3O2/c1-23(16-13-17-11-14-21-15-12-17)20(25)10-9-19(24)22-18-7-5-3-2-4-6-8-18/h11-12,14-15,18H,2-10,13,16H2,1H3,(H,22,24). The van der Waals surface area contributed by atoms with Gasteiger partial charge in [-0.25, -0.2) is 0 Å². The highest BCUT2D eigenvalue weighted by Gasteiger charge is 2.16. The van der Waals surface area contributed by atoms with Gasteiger partial charge in [0, 0.05) is 44.9 Å². The van der Waals surface area contributed by atoms with Gasteiger partial charge in [0.05, 0.1) is 0 Å². The van der Waals surface area contributed by atoms with Crippen molar-refractivity contribution in [1.29, 1.82) is 0 Å². The molecule has 2 amide bonds. The summed E-state index contributed by atoms with van der Waals surface area (Å²) in [6.07, 6.45) is 13.3. The monoisotopic (exact) mass is 345 g/mol. The highest BCUT2D eigenvalue weighted by molar-refractivity contribution is 5.83. The molecule has 0 unspecified atom stereocenters. The van der Waals surface area contributed by atoms with Crippen molar-refractivity contribution >= 4 is 11.8 Å². The fourth-order valence-electron chi connectivity index (χ4n) is 3.28. The Labute approximate surface area is 151 Å². The van der Waals surface area contributed by atoms with E-state index in [9.17, 15) is 9.59 Å². The summed E-state index contributed by atoms with van der Waals surface area (Å²) in [5.41, 5.74) is 1.16. The number of nitrogens with zero attached hydrogens (tertiary/aromatic N) is 2. The van der Waals surface area contributed by atoms with Crippen molar-refractivity contribution in [3.8, 4) is 0 Å². The van der Waals surface area contributed by atoms with Crippen LogP contribution < -0.4 is 5.32 Å². The molecular weight excluding hydrogens is 314 g/mol. The van der Waals surface area contributed by atoms with Crippen LogP contribution in [0.15, 0.2) is 24.5 Å². The lowest BCUT2D eigenvalue weighted by atomic mass is 9.96. The van der Waals surface area contributed by atoms with Crippen LogP contribution in [-0.2, 0) is 16.0 Å². The topological polar surface area (TPSA) is 62.3 Å². The Hall–Kier alpha value is -1.91. The molecule has 1 saturated carbocycles. The minimum Gasteiger partial charge on any atom is -0.353 e. The molecule has 0 atom stereocenters. The van der Waals surface area contributed by atoms with Gasteiger partial charge >= 0.3 is 0 Å². The van der Waals surface area contributed by atoms with Gasteiger partial charge in [-0.1, -0.05) is 32.1 Å². The average molecular weight is 345 g/mol. The maximum absolute atomic E-state index is 12.2. The summed E-state index contributed by atoms with van der Waals surface area (Å²) >= 11 is 0. The Kier molecular flexibility index (Phi) is 8.43. The molecule has 1 aliphatic carbocycles. The predicted molar refractivity (Wildman–Crippen MR) is 99.1 cm³/mol. The van der Waals surface area contributed by atoms with Crippen molar-refractivity contribution in [2.24, 2.45) is 0 Å². The number of rotatable bonds is 7. The second-order valence-corrected chi connectivity index (χ2v) is 7.03. The van der Waals surface area contributed by atoms with Crippen LogP contribution in [-0.4, -0.2) is 41.3 Å². The molecular formula is C20H31N3O2. The van der Waals surface area contributed by atoms with Crippen LogP contribution in [0.25, 0.3) is 0 Å². The Morgan fingerprint density at radius 3 is 2.40 bits per heavy atom. The lowest BCUT2D eigenvalue weighted by Crippen LogP contribution is -2.36. The van der Waals surface area contributed by atoms with E-state index in [4.69, 9.17) is 0 Å². The molecule has 1 aliphatic rings. The van der Waals surface area contributed by atoms with E-state index in [-0.39, 0.29) is 24.7 Å². The fraction of sp³-hybridized carbons (Fsp3) is 0.650. The minimum atomic E-state index is 0.0152. The molecule has 0 aromatic carbocycles. The molecule has 0 spiro atoms. The summed E-state index contributed by atoms with van der Waals surface area (Å²) in [4.78, 5) is 30.0. The van der Waals surface area contributed by atoms with E-state index in [0.717, 1.165) is 24.8 Å². The van der Waals surface area contributed by atoms with Crippen LogP contribution >= 0.6 is 0 Å². The first-order chi connectivity index (χ1) is 12.1. The summed E-state index contributed by atoms with van der Waals surface area (Å²) in [5.74, 6) is 0.0447. The van der Waals surface area contributed by atoms with E-state index < -0.39 is 0 Å². The maximum atomic E-state index is 12.2. The molecule has 138 valence electrons. The Morgan fingerprint density at radius 1 is 1.08 bits per heavy atom. The molecule has 0 bridgehead atoms. The van der Waals surface area contributed by atoms with Crippen molar-refractivity contribution < 1.29 is 9.59 Å². The highest BCUT2D eigenvalue weighted by atomic mass is 16.2. The largest absolute Gasteiger partial charge is 0.353 e. The lowest BCUT2D eigenvalue weighted by Gasteiger charge is -2.21. The first kappa shape index (κ1) is 19.4. The number of carbonyl (C=O) groups is 2. The third kappa shape index (κ3) is 7.67. The second kappa shape index (κ2) is 10.9. The van der Waals surface area contributed by atoms with Gasteiger partial charge in [-0.3, -0.25) is 14.6 Å². The van der Waals surface area contributed by atoms with Crippen molar-refractivity contribution in [3.05, 3.63) is 30.1 Å². The lowest BCUT2D eigenvalue weighted by molar-refractivity contribution is -0.132. The predicted octanol–water partition coefficient (Wildman–Crippen LogP) is 3.09. The van der Waals surface area contributed by atoms with Gasteiger partial charge in [-0.2, -0.15) is 0 Å². The van der Waals surface area contributed by atoms with Crippen LogP contribution in [0.2, 0.25) is 0 Å². The molecule has 1 aromatic rings. The number of amides is 2. The molecule has 1 N–H and O–H groups in total. The van der Waals surface area contributed by atoms with Gasteiger partial charge in [0.2, 0.25) is 11.8 Å². The summed E-state index contributed by atoms with van der Waals surface area (Å²) in [6.45, 7) is 0.660. The smallest absolute Gasteiger partial charge is 0.222 e. The quantitative estimate of drug-likeness (QED) is 0.826. The van der Waals surface area contributed by atoms with Crippen molar-refractivity contribution in [2.75, 3.05) is 13.6 Å². The second-order valence-electron chi connectivity index (χ2n) is 7.03. The van der Waals surface area contributed by atoms with Crippen molar-refractivity contribution in [1.82, 2.24) is 15.2 Å². The zero-order valence-electron chi connectivity index (χ0n) is 15.4. The van der Waals surface area contributed by atoms with Gasteiger partial charge < -0.3 is 10.2 Å². The summed E-state index contributed by atoms with van der Waals surface area (Å²) in [6, 6.07) is 4.22. The van der Waals surface area contributed by atoms with E-state index in [2.05, 4.69) is 10.3 Å². The van der Waals surface area contributed by atoms with Gasteiger partial charge in [-0.05, 0) is 37.0 Å². The first-order valence-corrected chi connectivity index (χ1v) is 9.57. The number of aromatic nitrogens is 1. The molecule has 2 rings (SSSR count). The molecule has 5 nitrogen and oxygen atoms in total. The molecule has 1 heterocycles. The molecule has 0 aliphatic heterocycles. The van der Waals surface area contributed by atoms with Crippen LogP contribution in [0.4, 0.5) is 0 Å². The zero-order valence-corrected chi connectivity index (χ0v) is 15.4. The molecule has 0 radical (unpaired) electrons. The van der Waals surface area contributed by atoms with Gasteiger partial charge in [0.1, 0.15) is 0 Å². The van der Waals surface area contributed by atoms with Crippen LogP contribution in [0, 0.1) is 0 Å². The van der Waals surface area contributed by atoms with Gasteiger partial charge in [0.15, 0.2) is 0 Å². The van der Waals surface area contributed by atoms with Gasteiger partial charge in [0.25, 0.3) is 0 Å². The SMILES string of the molecule is CN(CCc1ccncc1)C(=O)CCC(=O)NC1CCCCCCC1. The zero-order chi connectivity index (χ0) is 17.9. The number of likely N-dealkylation sites (N-methyl/N-ethyl adjacent to an activating group) is 1. The summed E-state index contributed by atoms with van der Waals surface area (Å²) in [7, 11) is 1.80. The van der Waals surface area contributed by atoms with Crippen molar-refractivity contribution in [3.63, 3.8) is 0 Å². The fourth-order valence-corrected chi connectivity index (χ4v) is 3.28. The average Bonchev–Trinajstić information content (AvgIpc) is 2.60. The van der Waals surface area contributed by atoms with Crippen LogP contribution in [0.3, 0.4) is 0 Å². The van der Waals surface area contributed by atoms with Crippen molar-refractivity contribution in [2.45, 2.75) is 70.3 Å². The number of pyridine rings is 1. The van der Waals surface area contributed by atoms with E-state index >= 15 is 0 Å². The van der Waals surface area contributed by atoms with Crippen LogP contribution in [0.5, 0.6) is 0 Å². The highest BCUT2D eigenvalue weighted by Crippen LogP contribution is 2.17. The molecule has 1 aromatic heterocycles. The molecule has 0 saturated heterocycles. The third-order valence-corrected chi connectivity index (χ3v) is 4.95. The summed E-state index contributed by atoms with van der Waals surface area (Å²) in [5, 5.41) is 3.12. The van der Waals surface area contributed by atoms with E-state index in [1.165, 1.54) is 32.1 Å². The normalized spacial score (nSPS) is 15.9. The Balaban J connectivity index is 1.64. The van der Waals surface area contributed by atoms with Crippen LogP contribution in [0.1, 0.15) is 63.4 Å². The maximum Gasteiger partial charge on any atom is 0.222 e. The third-order valence-electron chi connectivity index (χ3n) is 4.95. The Bertz CT molecular complexity index is 525. The Morgan fingerprint density at radius 2 is 1.72 bits per heavy atom. The molecule has 1 fully saturated rings. The van der Waals surface area contributed by atoms with E-state index in [1.807, 2.05) is 12.1 Å². The minimum absolute atomic E-state index is 0.0152. The summed E-state index contributed by atoms with van der Waals surface area (Å²) < 4.78 is 0. The molecule has 25 heavy (non-hydrogen) atoms. The number of hydrogen-bond acceptors (Lipinski definition) is 3. The van der Waals surface area contributed by atoms with E-state index in [0.29, 0.717) is 12.6 Å².